The van der Waals surface area contributed by atoms with Crippen molar-refractivity contribution in [2.45, 2.75) is 103 Å². The highest BCUT2D eigenvalue weighted by Gasteiger charge is 2.08. The first-order valence-corrected chi connectivity index (χ1v) is 12.7. The molecule has 1 rings (SSSR count). The van der Waals surface area contributed by atoms with Crippen LogP contribution in [0, 0.1) is 0 Å². The standard InChI is InChI=1S/C25H49N3O/c1-2-3-4-5-6-7-8-9-10-11-12-13-14-15-16-18-25(29)27-19-17-22-28-23-20-26-21-24-28/h9-10,26H,2-8,11-24H2,1H3,(H,27,29). The van der Waals surface area contributed by atoms with Crippen LogP contribution in [0.2, 0.25) is 0 Å². The molecule has 0 aromatic heterocycles. The lowest BCUT2D eigenvalue weighted by Gasteiger charge is -2.27. The lowest BCUT2D eigenvalue weighted by atomic mass is 10.1. The summed E-state index contributed by atoms with van der Waals surface area (Å²) in [5.41, 5.74) is 0. The van der Waals surface area contributed by atoms with Crippen LogP contribution in [0.1, 0.15) is 103 Å². The molecule has 1 saturated heterocycles. The lowest BCUT2D eigenvalue weighted by Crippen LogP contribution is -2.44. The van der Waals surface area contributed by atoms with Gasteiger partial charge in [-0.05, 0) is 45.1 Å². The minimum Gasteiger partial charge on any atom is -0.356 e. The van der Waals surface area contributed by atoms with Crippen LogP contribution >= 0.6 is 0 Å². The number of rotatable bonds is 19. The summed E-state index contributed by atoms with van der Waals surface area (Å²) in [5.74, 6) is 0.239. The smallest absolute Gasteiger partial charge is 0.219 e. The van der Waals surface area contributed by atoms with Gasteiger partial charge in [0, 0.05) is 39.1 Å². The molecule has 1 aliphatic heterocycles. The molecule has 1 fully saturated rings. The first-order chi connectivity index (χ1) is 14.3. The van der Waals surface area contributed by atoms with E-state index >= 15 is 0 Å². The first kappa shape index (κ1) is 26.2. The Labute approximate surface area is 181 Å². The van der Waals surface area contributed by atoms with Crippen molar-refractivity contribution in [3.05, 3.63) is 12.2 Å². The Morgan fingerprint density at radius 2 is 1.41 bits per heavy atom. The number of nitrogens with zero attached hydrogens (tertiary/aromatic N) is 1. The molecular formula is C25H49N3O. The van der Waals surface area contributed by atoms with E-state index < -0.39 is 0 Å². The van der Waals surface area contributed by atoms with Gasteiger partial charge in [0.1, 0.15) is 0 Å². The predicted molar refractivity (Wildman–Crippen MR) is 126 cm³/mol. The molecule has 0 unspecified atom stereocenters. The zero-order valence-electron chi connectivity index (χ0n) is 19.4. The third-order valence-corrected chi connectivity index (χ3v) is 5.85. The van der Waals surface area contributed by atoms with Crippen molar-refractivity contribution in [1.82, 2.24) is 15.5 Å². The number of allylic oxidation sites excluding steroid dienone is 2. The van der Waals surface area contributed by atoms with Crippen molar-refractivity contribution in [3.8, 4) is 0 Å². The molecule has 0 radical (unpaired) electrons. The van der Waals surface area contributed by atoms with Gasteiger partial charge in [-0.1, -0.05) is 70.4 Å². The molecule has 1 amide bonds. The zero-order valence-corrected chi connectivity index (χ0v) is 19.4. The number of hydrogen-bond donors (Lipinski definition) is 2. The van der Waals surface area contributed by atoms with Crippen molar-refractivity contribution in [2.24, 2.45) is 0 Å². The van der Waals surface area contributed by atoms with Gasteiger partial charge in [0.25, 0.3) is 0 Å². The van der Waals surface area contributed by atoms with E-state index in [2.05, 4.69) is 34.6 Å². The Kier molecular flexibility index (Phi) is 18.4. The minimum absolute atomic E-state index is 0.239. The normalized spacial score (nSPS) is 15.2. The molecule has 0 bridgehead atoms. The Morgan fingerprint density at radius 3 is 2.07 bits per heavy atom. The van der Waals surface area contributed by atoms with Gasteiger partial charge < -0.3 is 15.5 Å². The summed E-state index contributed by atoms with van der Waals surface area (Å²) in [4.78, 5) is 14.4. The van der Waals surface area contributed by atoms with E-state index in [1.165, 1.54) is 77.0 Å². The highest BCUT2D eigenvalue weighted by Crippen LogP contribution is 2.10. The zero-order chi connectivity index (χ0) is 20.8. The van der Waals surface area contributed by atoms with Crippen LogP contribution in [0.3, 0.4) is 0 Å². The van der Waals surface area contributed by atoms with Gasteiger partial charge in [0.15, 0.2) is 0 Å². The van der Waals surface area contributed by atoms with Crippen LogP contribution in [-0.2, 0) is 4.79 Å². The van der Waals surface area contributed by atoms with Gasteiger partial charge in [-0.15, -0.1) is 0 Å². The number of unbranched alkanes of at least 4 members (excludes halogenated alkanes) is 11. The Bertz CT molecular complexity index is 392. The monoisotopic (exact) mass is 407 g/mol. The summed E-state index contributed by atoms with van der Waals surface area (Å²) in [6, 6.07) is 0. The molecule has 170 valence electrons. The van der Waals surface area contributed by atoms with Gasteiger partial charge in [-0.25, -0.2) is 0 Å². The molecule has 4 heteroatoms. The number of carbonyl (C=O) groups is 1. The maximum atomic E-state index is 11.9. The third-order valence-electron chi connectivity index (χ3n) is 5.85. The van der Waals surface area contributed by atoms with Crippen molar-refractivity contribution in [1.29, 1.82) is 0 Å². The molecule has 29 heavy (non-hydrogen) atoms. The third kappa shape index (κ3) is 17.7. The number of hydrogen-bond acceptors (Lipinski definition) is 3. The second-order valence-corrected chi connectivity index (χ2v) is 8.63. The van der Waals surface area contributed by atoms with Crippen LogP contribution in [0.4, 0.5) is 0 Å². The molecule has 1 aliphatic rings. The van der Waals surface area contributed by atoms with Crippen LogP contribution in [0.25, 0.3) is 0 Å². The predicted octanol–water partition coefficient (Wildman–Crippen LogP) is 5.44. The van der Waals surface area contributed by atoms with E-state index in [-0.39, 0.29) is 5.91 Å². The summed E-state index contributed by atoms with van der Waals surface area (Å²) in [7, 11) is 0. The van der Waals surface area contributed by atoms with Gasteiger partial charge in [-0.3, -0.25) is 4.79 Å². The van der Waals surface area contributed by atoms with E-state index in [9.17, 15) is 4.79 Å². The van der Waals surface area contributed by atoms with Crippen molar-refractivity contribution >= 4 is 5.91 Å². The largest absolute Gasteiger partial charge is 0.356 e. The maximum absolute atomic E-state index is 11.9. The second-order valence-electron chi connectivity index (χ2n) is 8.63. The van der Waals surface area contributed by atoms with Crippen molar-refractivity contribution < 1.29 is 4.79 Å². The quantitative estimate of drug-likeness (QED) is 0.221. The summed E-state index contributed by atoms with van der Waals surface area (Å²) < 4.78 is 0. The van der Waals surface area contributed by atoms with Gasteiger partial charge in [-0.2, -0.15) is 0 Å². The average molecular weight is 408 g/mol. The van der Waals surface area contributed by atoms with E-state index in [1.807, 2.05) is 0 Å². The number of nitrogens with one attached hydrogen (secondary N) is 2. The molecule has 4 nitrogen and oxygen atoms in total. The van der Waals surface area contributed by atoms with Gasteiger partial charge >= 0.3 is 0 Å². The lowest BCUT2D eigenvalue weighted by molar-refractivity contribution is -0.121. The second kappa shape index (κ2) is 20.4. The van der Waals surface area contributed by atoms with E-state index in [0.717, 1.165) is 52.1 Å². The molecule has 0 saturated carbocycles. The van der Waals surface area contributed by atoms with Crippen LogP contribution in [-0.4, -0.2) is 50.1 Å². The highest BCUT2D eigenvalue weighted by atomic mass is 16.1. The summed E-state index contributed by atoms with van der Waals surface area (Å²) >= 11 is 0. The van der Waals surface area contributed by atoms with Gasteiger partial charge in [0.2, 0.25) is 5.91 Å². The fraction of sp³-hybridized carbons (Fsp3) is 0.880. The van der Waals surface area contributed by atoms with E-state index in [4.69, 9.17) is 0 Å². The van der Waals surface area contributed by atoms with Crippen molar-refractivity contribution in [2.75, 3.05) is 39.3 Å². The molecule has 0 aromatic carbocycles. The van der Waals surface area contributed by atoms with Gasteiger partial charge in [0.05, 0.1) is 0 Å². The molecule has 2 N–H and O–H groups in total. The fourth-order valence-electron chi connectivity index (χ4n) is 3.91. The highest BCUT2D eigenvalue weighted by molar-refractivity contribution is 5.75. The molecule has 0 atom stereocenters. The van der Waals surface area contributed by atoms with Crippen LogP contribution in [0.5, 0.6) is 0 Å². The SMILES string of the molecule is CCCCCCCCC=CCCCCCCCC(=O)NCCCN1CCNCC1. The summed E-state index contributed by atoms with van der Waals surface area (Å²) in [5, 5.41) is 6.45. The molecule has 0 aromatic rings. The summed E-state index contributed by atoms with van der Waals surface area (Å²) in [6.45, 7) is 8.69. The number of carbonyl (C=O) groups excluding carboxylic acids is 1. The molecule has 0 aliphatic carbocycles. The van der Waals surface area contributed by atoms with E-state index in [1.54, 1.807) is 0 Å². The van der Waals surface area contributed by atoms with E-state index in [0.29, 0.717) is 6.42 Å². The van der Waals surface area contributed by atoms with Crippen LogP contribution < -0.4 is 10.6 Å². The topological polar surface area (TPSA) is 44.4 Å². The Balaban J connectivity index is 1.76. The Morgan fingerprint density at radius 1 is 0.828 bits per heavy atom. The average Bonchev–Trinajstić information content (AvgIpc) is 2.75. The number of piperazine rings is 1. The molecule has 1 heterocycles. The minimum atomic E-state index is 0.239. The maximum Gasteiger partial charge on any atom is 0.219 e. The first-order valence-electron chi connectivity index (χ1n) is 12.7. The summed E-state index contributed by atoms with van der Waals surface area (Å²) in [6.07, 6.45) is 23.4. The molecular weight excluding hydrogens is 358 g/mol. The molecule has 0 spiro atoms. The fourth-order valence-corrected chi connectivity index (χ4v) is 3.91. The van der Waals surface area contributed by atoms with Crippen LogP contribution in [0.15, 0.2) is 12.2 Å². The Hall–Kier alpha value is -0.870. The van der Waals surface area contributed by atoms with Crippen molar-refractivity contribution in [3.63, 3.8) is 0 Å². The number of amides is 1.